The van der Waals surface area contributed by atoms with Crippen LogP contribution in [0, 0.1) is 0 Å². The van der Waals surface area contributed by atoms with Crippen molar-refractivity contribution in [3.05, 3.63) is 63.9 Å². The first-order valence-electron chi connectivity index (χ1n) is 7.37. The molecule has 0 amide bonds. The highest BCUT2D eigenvalue weighted by atomic mass is 35.5. The Morgan fingerprint density at radius 1 is 1.18 bits per heavy atom. The number of aliphatic imine (C=N–C) groups is 1. The number of amidine groups is 1. The lowest BCUT2D eigenvalue weighted by Crippen LogP contribution is -2.28. The van der Waals surface area contributed by atoms with Gasteiger partial charge < -0.3 is 5.32 Å². The van der Waals surface area contributed by atoms with Crippen LogP contribution < -0.4 is 5.32 Å². The molecule has 0 radical (unpaired) electrons. The van der Waals surface area contributed by atoms with Crippen molar-refractivity contribution in [3.8, 4) is 0 Å². The second-order valence-corrected chi connectivity index (χ2v) is 6.14. The van der Waals surface area contributed by atoms with Gasteiger partial charge in [-0.15, -0.1) is 0 Å². The van der Waals surface area contributed by atoms with Crippen LogP contribution >= 0.6 is 23.2 Å². The fraction of sp³-hybridized carbons (Fsp3) is 0.294. The summed E-state index contributed by atoms with van der Waals surface area (Å²) in [6.07, 6.45) is 4.55. The third-order valence-corrected chi connectivity index (χ3v) is 4.30. The highest BCUT2D eigenvalue weighted by Crippen LogP contribution is 2.25. The van der Waals surface area contributed by atoms with E-state index < -0.39 is 0 Å². The van der Waals surface area contributed by atoms with Crippen LogP contribution in [-0.2, 0) is 6.42 Å². The van der Waals surface area contributed by atoms with Gasteiger partial charge in [0.25, 0.3) is 0 Å². The highest BCUT2D eigenvalue weighted by molar-refractivity contribution is 6.30. The summed E-state index contributed by atoms with van der Waals surface area (Å²) < 4.78 is 0. The summed E-state index contributed by atoms with van der Waals surface area (Å²) in [6, 6.07) is 11.9. The van der Waals surface area contributed by atoms with Crippen LogP contribution in [0.5, 0.6) is 0 Å². The Bertz CT molecular complexity index is 685. The minimum Gasteiger partial charge on any atom is -0.367 e. The maximum atomic E-state index is 6.21. The number of hydrogen-bond acceptors (Lipinski definition) is 3. The Labute approximate surface area is 140 Å². The van der Waals surface area contributed by atoms with E-state index in [9.17, 15) is 0 Å². The standard InChI is InChI=1S/C17H17Cl2N3/c18-14-6-1-4-12(10-14)15(22-16-7-3-8-20-16)11-13-5-2-9-21-17(13)19/h1-2,4-6,9-10,15H,3,7-8,11H2,(H,20,22). The van der Waals surface area contributed by atoms with E-state index in [1.54, 1.807) is 6.20 Å². The van der Waals surface area contributed by atoms with Gasteiger partial charge in [0.1, 0.15) is 5.15 Å². The molecule has 1 aromatic heterocycles. The predicted octanol–water partition coefficient (Wildman–Crippen LogP) is 4.45. The van der Waals surface area contributed by atoms with E-state index in [0.29, 0.717) is 5.15 Å². The summed E-state index contributed by atoms with van der Waals surface area (Å²) in [6.45, 7) is 0.901. The van der Waals surface area contributed by atoms with Crippen LogP contribution in [0.25, 0.3) is 0 Å². The molecule has 1 aliphatic heterocycles. The third-order valence-electron chi connectivity index (χ3n) is 3.73. The molecule has 22 heavy (non-hydrogen) atoms. The predicted molar refractivity (Wildman–Crippen MR) is 91.8 cm³/mol. The summed E-state index contributed by atoms with van der Waals surface area (Å²) in [5.41, 5.74) is 2.14. The highest BCUT2D eigenvalue weighted by Gasteiger charge is 2.18. The van der Waals surface area contributed by atoms with Crippen molar-refractivity contribution >= 4 is 29.0 Å². The van der Waals surface area contributed by atoms with E-state index in [1.165, 1.54) is 0 Å². The van der Waals surface area contributed by atoms with Crippen molar-refractivity contribution in [2.75, 3.05) is 6.54 Å². The molecule has 2 heterocycles. The van der Waals surface area contributed by atoms with E-state index in [2.05, 4.69) is 21.4 Å². The van der Waals surface area contributed by atoms with Gasteiger partial charge in [0.2, 0.25) is 0 Å². The lowest BCUT2D eigenvalue weighted by Gasteiger charge is -2.21. The molecule has 0 saturated heterocycles. The zero-order valence-corrected chi connectivity index (χ0v) is 13.6. The van der Waals surface area contributed by atoms with Crippen LogP contribution in [0.2, 0.25) is 10.2 Å². The first kappa shape index (κ1) is 15.3. The topological polar surface area (TPSA) is 37.3 Å². The number of rotatable bonds is 4. The molecule has 3 rings (SSSR count). The van der Waals surface area contributed by atoms with Gasteiger partial charge in [0.05, 0.1) is 11.9 Å². The number of pyridine rings is 1. The zero-order valence-electron chi connectivity index (χ0n) is 12.1. The van der Waals surface area contributed by atoms with Crippen LogP contribution in [0.4, 0.5) is 0 Å². The molecule has 1 aromatic carbocycles. The average molecular weight is 334 g/mol. The lowest BCUT2D eigenvalue weighted by atomic mass is 9.99. The molecule has 1 atom stereocenters. The molecule has 0 bridgehead atoms. The number of aromatic nitrogens is 1. The van der Waals surface area contributed by atoms with Gasteiger partial charge in [-0.2, -0.15) is 0 Å². The van der Waals surface area contributed by atoms with Gasteiger partial charge in [0.15, 0.2) is 0 Å². The van der Waals surface area contributed by atoms with Crippen molar-refractivity contribution in [3.63, 3.8) is 0 Å². The van der Waals surface area contributed by atoms with Crippen molar-refractivity contribution < 1.29 is 0 Å². The van der Waals surface area contributed by atoms with Crippen molar-refractivity contribution in [1.82, 2.24) is 10.3 Å². The molecule has 3 nitrogen and oxygen atoms in total. The molecular formula is C17H17Cl2N3. The molecule has 1 N–H and O–H groups in total. The monoisotopic (exact) mass is 333 g/mol. The third kappa shape index (κ3) is 3.79. The Morgan fingerprint density at radius 3 is 2.82 bits per heavy atom. The molecule has 1 aliphatic rings. The fourth-order valence-electron chi connectivity index (χ4n) is 2.63. The van der Waals surface area contributed by atoms with Gasteiger partial charge in [-0.1, -0.05) is 41.4 Å². The van der Waals surface area contributed by atoms with Gasteiger partial charge >= 0.3 is 0 Å². The number of nitrogens with one attached hydrogen (secondary N) is 1. The van der Waals surface area contributed by atoms with Gasteiger partial charge in [-0.05, 0) is 42.2 Å². The summed E-state index contributed by atoms with van der Waals surface area (Å²) in [5, 5.41) is 4.82. The number of nitrogens with zero attached hydrogens (tertiary/aromatic N) is 2. The molecule has 0 saturated carbocycles. The molecule has 114 valence electrons. The van der Waals surface area contributed by atoms with E-state index in [4.69, 9.17) is 23.2 Å². The van der Waals surface area contributed by atoms with E-state index >= 15 is 0 Å². The molecule has 0 aliphatic carbocycles. The largest absolute Gasteiger partial charge is 0.367 e. The molecule has 0 fully saturated rings. The summed E-state index contributed by atoms with van der Waals surface area (Å²) in [7, 11) is 0. The summed E-state index contributed by atoms with van der Waals surface area (Å²) in [5.74, 6) is 1.06. The van der Waals surface area contributed by atoms with Crippen LogP contribution in [0.15, 0.2) is 47.6 Å². The molecule has 1 unspecified atom stereocenters. The quantitative estimate of drug-likeness (QED) is 0.839. The smallest absolute Gasteiger partial charge is 0.132 e. The normalized spacial score (nSPS) is 15.5. The SMILES string of the molecule is Clc1cccc(C(Cc2cccnc2Cl)NC2=NCCC2)c1. The summed E-state index contributed by atoms with van der Waals surface area (Å²) in [4.78, 5) is 8.67. The van der Waals surface area contributed by atoms with Gasteiger partial charge in [-0.3, -0.25) is 4.99 Å². The number of hydrogen-bond donors (Lipinski definition) is 1. The maximum absolute atomic E-state index is 6.21. The van der Waals surface area contributed by atoms with Crippen molar-refractivity contribution in [2.45, 2.75) is 25.3 Å². The Balaban J connectivity index is 1.87. The second kappa shape index (κ2) is 7.12. The summed E-state index contributed by atoms with van der Waals surface area (Å²) >= 11 is 12.4. The minimum absolute atomic E-state index is 0.0808. The average Bonchev–Trinajstić information content (AvgIpc) is 3.02. The molecule has 5 heteroatoms. The van der Waals surface area contributed by atoms with Gasteiger partial charge in [0, 0.05) is 24.2 Å². The lowest BCUT2D eigenvalue weighted by molar-refractivity contribution is 0.637. The Morgan fingerprint density at radius 2 is 2.09 bits per heavy atom. The molecule has 2 aromatic rings. The first-order valence-corrected chi connectivity index (χ1v) is 8.12. The van der Waals surface area contributed by atoms with Gasteiger partial charge in [-0.25, -0.2) is 4.98 Å². The maximum Gasteiger partial charge on any atom is 0.132 e. The van der Waals surface area contributed by atoms with Crippen LogP contribution in [-0.4, -0.2) is 17.4 Å². The Kier molecular flexibility index (Phi) is 4.96. The fourth-order valence-corrected chi connectivity index (χ4v) is 3.02. The number of benzene rings is 1. The van der Waals surface area contributed by atoms with E-state index in [0.717, 1.165) is 47.8 Å². The first-order chi connectivity index (χ1) is 10.7. The van der Waals surface area contributed by atoms with Crippen molar-refractivity contribution in [1.29, 1.82) is 0 Å². The van der Waals surface area contributed by atoms with E-state index in [1.807, 2.05) is 30.3 Å². The molecule has 0 spiro atoms. The molecular weight excluding hydrogens is 317 g/mol. The number of halogens is 2. The zero-order chi connectivity index (χ0) is 15.4. The second-order valence-electron chi connectivity index (χ2n) is 5.34. The van der Waals surface area contributed by atoms with Crippen LogP contribution in [0.3, 0.4) is 0 Å². The minimum atomic E-state index is 0.0808. The van der Waals surface area contributed by atoms with Crippen molar-refractivity contribution in [2.24, 2.45) is 4.99 Å². The van der Waals surface area contributed by atoms with E-state index in [-0.39, 0.29) is 6.04 Å². The van der Waals surface area contributed by atoms with Crippen LogP contribution in [0.1, 0.15) is 30.0 Å². The Hall–Kier alpha value is -1.58.